The van der Waals surface area contributed by atoms with E-state index in [-0.39, 0.29) is 5.92 Å². The van der Waals surface area contributed by atoms with Gasteiger partial charge in [0.2, 0.25) is 0 Å². The molecule has 2 aliphatic carbocycles. The van der Waals surface area contributed by atoms with Crippen LogP contribution in [0.2, 0.25) is 0 Å². The van der Waals surface area contributed by atoms with Crippen molar-refractivity contribution in [2.24, 2.45) is 5.92 Å². The zero-order valence-corrected chi connectivity index (χ0v) is 15.8. The summed E-state index contributed by atoms with van der Waals surface area (Å²) in [5, 5.41) is 4.86. The first-order chi connectivity index (χ1) is 13.1. The second-order valence-corrected chi connectivity index (χ2v) is 7.83. The Hall–Kier alpha value is -2.93. The molecule has 2 aliphatic rings. The van der Waals surface area contributed by atoms with Crippen LogP contribution in [0.15, 0.2) is 60.7 Å². The summed E-state index contributed by atoms with van der Waals surface area (Å²) >= 11 is 0. The van der Waals surface area contributed by atoms with Gasteiger partial charge in [0.1, 0.15) is 0 Å². The van der Waals surface area contributed by atoms with Crippen LogP contribution in [-0.4, -0.2) is 5.78 Å². The Labute approximate surface area is 159 Å². The number of hydrogen-bond acceptors (Lipinski definition) is 1. The number of benzene rings is 3. The highest BCUT2D eigenvalue weighted by molar-refractivity contribution is 6.03. The highest BCUT2D eigenvalue weighted by Crippen LogP contribution is 2.29. The van der Waals surface area contributed by atoms with Gasteiger partial charge in [-0.1, -0.05) is 79.2 Å². The highest BCUT2D eigenvalue weighted by atomic mass is 16.1. The van der Waals surface area contributed by atoms with E-state index in [9.17, 15) is 4.79 Å². The molecule has 0 radical (unpaired) electrons. The van der Waals surface area contributed by atoms with Gasteiger partial charge >= 0.3 is 0 Å². The lowest BCUT2D eigenvalue weighted by atomic mass is 9.78. The first kappa shape index (κ1) is 16.3. The monoisotopic (exact) mass is 350 g/mol. The second-order valence-electron chi connectivity index (χ2n) is 7.83. The Morgan fingerprint density at radius 1 is 0.889 bits per heavy atom. The lowest BCUT2D eigenvalue weighted by Gasteiger charge is -2.24. The Kier molecular flexibility index (Phi) is 3.65. The Balaban J connectivity index is 1.94. The van der Waals surface area contributed by atoms with E-state index in [1.807, 2.05) is 0 Å². The Morgan fingerprint density at radius 3 is 2.56 bits per heavy atom. The summed E-state index contributed by atoms with van der Waals surface area (Å²) < 4.78 is 0. The van der Waals surface area contributed by atoms with Crippen LogP contribution in [0.4, 0.5) is 0 Å². The maximum Gasteiger partial charge on any atom is 0.166 e. The number of aryl methyl sites for hydroxylation is 1. The molecule has 0 aliphatic heterocycles. The van der Waals surface area contributed by atoms with E-state index in [2.05, 4.69) is 80.6 Å². The van der Waals surface area contributed by atoms with Gasteiger partial charge in [0.05, 0.1) is 0 Å². The summed E-state index contributed by atoms with van der Waals surface area (Å²) in [5.41, 5.74) is 5.96. The van der Waals surface area contributed by atoms with Crippen molar-refractivity contribution in [3.05, 3.63) is 104 Å². The maximum absolute atomic E-state index is 13.2. The van der Waals surface area contributed by atoms with E-state index in [0.717, 1.165) is 23.6 Å². The molecule has 0 heterocycles. The molecule has 3 aromatic rings. The quantitative estimate of drug-likeness (QED) is 0.647. The van der Waals surface area contributed by atoms with E-state index in [0.29, 0.717) is 5.78 Å². The van der Waals surface area contributed by atoms with Crippen LogP contribution < -0.4 is 10.4 Å². The molecule has 1 atom stereocenters. The average Bonchev–Trinajstić information content (AvgIpc) is 2.69. The van der Waals surface area contributed by atoms with Gasteiger partial charge in [0.15, 0.2) is 5.78 Å². The van der Waals surface area contributed by atoms with E-state index in [4.69, 9.17) is 0 Å². The van der Waals surface area contributed by atoms with Crippen LogP contribution in [0.5, 0.6) is 0 Å². The highest BCUT2D eigenvalue weighted by Gasteiger charge is 2.27. The molecule has 27 heavy (non-hydrogen) atoms. The molecular weight excluding hydrogens is 328 g/mol. The lowest BCUT2D eigenvalue weighted by molar-refractivity contribution is 0.0926. The van der Waals surface area contributed by atoms with Crippen molar-refractivity contribution in [2.75, 3.05) is 0 Å². The van der Waals surface area contributed by atoms with Gasteiger partial charge in [0.25, 0.3) is 0 Å². The summed E-state index contributed by atoms with van der Waals surface area (Å²) in [5.74, 6) is 0.322. The third-order valence-corrected chi connectivity index (χ3v) is 5.99. The van der Waals surface area contributed by atoms with E-state index in [1.54, 1.807) is 0 Å². The molecule has 0 spiro atoms. The largest absolute Gasteiger partial charge is 0.294 e. The fourth-order valence-corrected chi connectivity index (χ4v) is 4.64. The minimum atomic E-state index is 0.0247. The summed E-state index contributed by atoms with van der Waals surface area (Å²) in [6, 6.07) is 21.5. The first-order valence-corrected chi connectivity index (χ1v) is 9.69. The molecule has 0 bridgehead atoms. The van der Waals surface area contributed by atoms with Crippen LogP contribution in [0.1, 0.15) is 40.4 Å². The summed E-state index contributed by atoms with van der Waals surface area (Å²) in [6.45, 7) is 4.20. The maximum atomic E-state index is 13.2. The van der Waals surface area contributed by atoms with Gasteiger partial charge in [-0.25, -0.2) is 0 Å². The van der Waals surface area contributed by atoms with Gasteiger partial charge < -0.3 is 0 Å². The predicted octanol–water partition coefficient (Wildman–Crippen LogP) is 4.04. The smallest absolute Gasteiger partial charge is 0.166 e. The van der Waals surface area contributed by atoms with Crippen molar-refractivity contribution >= 4 is 17.4 Å². The predicted molar refractivity (Wildman–Crippen MR) is 110 cm³/mol. The topological polar surface area (TPSA) is 17.1 Å². The van der Waals surface area contributed by atoms with Crippen molar-refractivity contribution in [2.45, 2.75) is 26.7 Å². The van der Waals surface area contributed by atoms with Crippen molar-refractivity contribution in [3.8, 4) is 0 Å². The van der Waals surface area contributed by atoms with Crippen LogP contribution in [0.25, 0.3) is 11.6 Å². The van der Waals surface area contributed by atoms with Gasteiger partial charge in [0, 0.05) is 11.5 Å². The molecule has 3 aromatic carbocycles. The average molecular weight is 350 g/mol. The standard InChI is InChI=1S/C26H22O/c1-16-6-5-8-19(14-16)24-15-17(2)26(27)25-22-11-10-18-7-3-4-9-20(18)21(22)12-13-23(24)25/h3-10,12-14,17H,11,15H2,1-2H3. The molecule has 0 amide bonds. The number of fused-ring (bicyclic) bond motifs is 4. The zero-order valence-electron chi connectivity index (χ0n) is 15.8. The molecule has 132 valence electrons. The third kappa shape index (κ3) is 2.49. The normalized spacial score (nSPS) is 17.6. The second kappa shape index (κ2) is 6.06. The van der Waals surface area contributed by atoms with Crippen LogP contribution in [0.3, 0.4) is 0 Å². The molecule has 1 nitrogen and oxygen atoms in total. The molecule has 0 aromatic heterocycles. The lowest BCUT2D eigenvalue weighted by Crippen LogP contribution is -2.31. The summed E-state index contributed by atoms with van der Waals surface area (Å²) in [7, 11) is 0. The zero-order chi connectivity index (χ0) is 18.5. The number of rotatable bonds is 1. The van der Waals surface area contributed by atoms with Gasteiger partial charge in [-0.05, 0) is 57.3 Å². The van der Waals surface area contributed by atoms with E-state index >= 15 is 0 Å². The molecule has 0 saturated carbocycles. The number of Topliss-reactive ketones (excluding diaryl/α,β-unsaturated/α-hetero) is 1. The van der Waals surface area contributed by atoms with E-state index in [1.165, 1.54) is 37.9 Å². The fourth-order valence-electron chi connectivity index (χ4n) is 4.64. The number of hydrogen-bond donors (Lipinski definition) is 0. The number of carbonyl (C=O) groups excluding carboxylic acids is 1. The van der Waals surface area contributed by atoms with Gasteiger partial charge in [-0.2, -0.15) is 0 Å². The number of ketones is 1. The molecular formula is C26H22O. The SMILES string of the molecule is Cc1cccc(C2=c3ccc4c(c3C(=O)C(C)C2)CC=c2ccccc2=4)c1. The van der Waals surface area contributed by atoms with Gasteiger partial charge in [-0.3, -0.25) is 4.79 Å². The number of carbonyl (C=O) groups is 1. The molecule has 0 fully saturated rings. The first-order valence-electron chi connectivity index (χ1n) is 9.69. The molecule has 1 unspecified atom stereocenters. The third-order valence-electron chi connectivity index (χ3n) is 5.99. The summed E-state index contributed by atoms with van der Waals surface area (Å²) in [6.07, 6.45) is 3.90. The van der Waals surface area contributed by atoms with Crippen molar-refractivity contribution in [1.82, 2.24) is 0 Å². The van der Waals surface area contributed by atoms with Crippen molar-refractivity contribution in [1.29, 1.82) is 0 Å². The van der Waals surface area contributed by atoms with Crippen LogP contribution >= 0.6 is 0 Å². The van der Waals surface area contributed by atoms with Crippen molar-refractivity contribution in [3.63, 3.8) is 0 Å². The minimum absolute atomic E-state index is 0.0247. The van der Waals surface area contributed by atoms with E-state index < -0.39 is 0 Å². The van der Waals surface area contributed by atoms with Crippen LogP contribution in [0, 0.1) is 23.3 Å². The fraction of sp³-hybridized carbons (Fsp3) is 0.192. The van der Waals surface area contributed by atoms with Gasteiger partial charge in [-0.15, -0.1) is 0 Å². The molecule has 5 rings (SSSR count). The molecule has 0 saturated heterocycles. The van der Waals surface area contributed by atoms with Crippen molar-refractivity contribution < 1.29 is 4.79 Å². The Bertz CT molecular complexity index is 1310. The van der Waals surface area contributed by atoms with Crippen LogP contribution in [-0.2, 0) is 6.42 Å². The summed E-state index contributed by atoms with van der Waals surface area (Å²) in [4.78, 5) is 13.2. The Morgan fingerprint density at radius 2 is 1.70 bits per heavy atom. The molecule has 0 N–H and O–H groups in total. The minimum Gasteiger partial charge on any atom is -0.294 e. The molecule has 1 heteroatoms.